The van der Waals surface area contributed by atoms with Crippen LogP contribution in [0.15, 0.2) is 0 Å². The van der Waals surface area contributed by atoms with Crippen molar-refractivity contribution in [2.24, 2.45) is 23.7 Å². The van der Waals surface area contributed by atoms with Crippen LogP contribution in [0.5, 0.6) is 0 Å². The van der Waals surface area contributed by atoms with Gasteiger partial charge in [0.25, 0.3) is 0 Å². The number of carbonyl (C=O) groups excluding carboxylic acids is 1. The summed E-state index contributed by atoms with van der Waals surface area (Å²) in [7, 11) is 0. The van der Waals surface area contributed by atoms with E-state index in [1.807, 2.05) is 4.90 Å². The van der Waals surface area contributed by atoms with Crippen LogP contribution in [0.3, 0.4) is 0 Å². The normalized spacial score (nSPS) is 45.9. The monoisotopic (exact) mass is 277 g/mol. The Labute approximate surface area is 119 Å². The molecule has 4 heteroatoms. The molecule has 4 rings (SSSR count). The fraction of sp³-hybridized carbons (Fsp3) is 0.875. The zero-order valence-electron chi connectivity index (χ0n) is 11.8. The molecule has 4 aliphatic rings. The number of amides is 1. The fourth-order valence-electron chi connectivity index (χ4n) is 5.36. The summed E-state index contributed by atoms with van der Waals surface area (Å²) in [6, 6.07) is -0.324. The molecule has 1 saturated heterocycles. The van der Waals surface area contributed by atoms with Gasteiger partial charge in [0.05, 0.1) is 0 Å². The SMILES string of the molecule is O=C(O)C1CC2CCCCC2N1C(=O)C1C2CCCC21. The Bertz CT molecular complexity index is 439. The van der Waals surface area contributed by atoms with Gasteiger partial charge in [0.2, 0.25) is 5.91 Å². The number of nitrogens with zero attached hydrogens (tertiary/aromatic N) is 1. The van der Waals surface area contributed by atoms with E-state index in [0.29, 0.717) is 24.2 Å². The van der Waals surface area contributed by atoms with Crippen molar-refractivity contribution >= 4 is 11.9 Å². The second-order valence-corrected chi connectivity index (χ2v) is 7.23. The van der Waals surface area contributed by atoms with Crippen LogP contribution < -0.4 is 0 Å². The minimum Gasteiger partial charge on any atom is -0.480 e. The van der Waals surface area contributed by atoms with E-state index in [1.165, 1.54) is 25.7 Å². The molecule has 110 valence electrons. The van der Waals surface area contributed by atoms with Gasteiger partial charge in [-0.15, -0.1) is 0 Å². The summed E-state index contributed by atoms with van der Waals surface area (Å²) in [6.07, 6.45) is 8.78. The second kappa shape index (κ2) is 4.47. The zero-order valence-corrected chi connectivity index (χ0v) is 11.8. The molecule has 0 aromatic heterocycles. The average Bonchev–Trinajstić information content (AvgIpc) is 2.82. The maximum absolute atomic E-state index is 12.9. The van der Waals surface area contributed by atoms with Crippen molar-refractivity contribution in [2.45, 2.75) is 63.5 Å². The molecule has 1 aliphatic heterocycles. The third-order valence-electron chi connectivity index (χ3n) is 6.32. The Hall–Kier alpha value is -1.06. The van der Waals surface area contributed by atoms with Gasteiger partial charge in [-0.2, -0.15) is 0 Å². The maximum atomic E-state index is 12.9. The van der Waals surface area contributed by atoms with Gasteiger partial charge in [0.15, 0.2) is 0 Å². The van der Waals surface area contributed by atoms with Crippen molar-refractivity contribution in [2.75, 3.05) is 0 Å². The van der Waals surface area contributed by atoms with E-state index < -0.39 is 12.0 Å². The van der Waals surface area contributed by atoms with E-state index in [-0.39, 0.29) is 17.9 Å². The van der Waals surface area contributed by atoms with Crippen LogP contribution in [0.1, 0.15) is 51.4 Å². The lowest BCUT2D eigenvalue weighted by Gasteiger charge is -2.33. The number of carboxylic acid groups (broad SMARTS) is 1. The Morgan fingerprint density at radius 2 is 1.65 bits per heavy atom. The van der Waals surface area contributed by atoms with Crippen molar-refractivity contribution in [1.29, 1.82) is 0 Å². The van der Waals surface area contributed by atoms with Crippen molar-refractivity contribution in [1.82, 2.24) is 4.90 Å². The number of fused-ring (bicyclic) bond motifs is 2. The molecule has 0 bridgehead atoms. The van der Waals surface area contributed by atoms with Crippen molar-refractivity contribution < 1.29 is 14.7 Å². The molecule has 0 radical (unpaired) electrons. The van der Waals surface area contributed by atoms with Crippen molar-refractivity contribution in [3.8, 4) is 0 Å². The first-order chi connectivity index (χ1) is 9.68. The third-order valence-corrected chi connectivity index (χ3v) is 6.32. The second-order valence-electron chi connectivity index (χ2n) is 7.23. The maximum Gasteiger partial charge on any atom is 0.326 e. The molecule has 3 saturated carbocycles. The lowest BCUT2D eigenvalue weighted by molar-refractivity contribution is -0.150. The number of carbonyl (C=O) groups is 2. The van der Waals surface area contributed by atoms with Crippen molar-refractivity contribution in [3.05, 3.63) is 0 Å². The minimum absolute atomic E-state index is 0.172. The number of carboxylic acids is 1. The highest BCUT2D eigenvalue weighted by Crippen LogP contribution is 2.59. The first-order valence-electron chi connectivity index (χ1n) is 8.23. The van der Waals surface area contributed by atoms with Crippen LogP contribution in [0.2, 0.25) is 0 Å². The summed E-state index contributed by atoms with van der Waals surface area (Å²) in [4.78, 5) is 26.2. The Balaban J connectivity index is 1.56. The van der Waals surface area contributed by atoms with E-state index >= 15 is 0 Å². The molecule has 3 aliphatic carbocycles. The van der Waals surface area contributed by atoms with Gasteiger partial charge in [0, 0.05) is 12.0 Å². The summed E-state index contributed by atoms with van der Waals surface area (Å²) in [5.41, 5.74) is 0. The van der Waals surface area contributed by atoms with E-state index in [0.717, 1.165) is 19.3 Å². The van der Waals surface area contributed by atoms with Crippen LogP contribution in [-0.2, 0) is 9.59 Å². The van der Waals surface area contributed by atoms with Gasteiger partial charge in [-0.25, -0.2) is 4.79 Å². The minimum atomic E-state index is -0.793. The summed E-state index contributed by atoms with van der Waals surface area (Å²) in [5.74, 6) is 1.16. The number of rotatable bonds is 2. The molecule has 4 fully saturated rings. The van der Waals surface area contributed by atoms with Gasteiger partial charge >= 0.3 is 5.97 Å². The van der Waals surface area contributed by atoms with Gasteiger partial charge in [-0.3, -0.25) is 4.79 Å². The summed E-state index contributed by atoms with van der Waals surface area (Å²) >= 11 is 0. The molecule has 5 atom stereocenters. The number of likely N-dealkylation sites (tertiary alicyclic amines) is 1. The molecule has 1 N–H and O–H groups in total. The third kappa shape index (κ3) is 1.73. The Morgan fingerprint density at radius 1 is 0.950 bits per heavy atom. The molecule has 4 nitrogen and oxygen atoms in total. The zero-order chi connectivity index (χ0) is 13.9. The smallest absolute Gasteiger partial charge is 0.326 e. The molecule has 0 aromatic rings. The van der Waals surface area contributed by atoms with E-state index in [9.17, 15) is 14.7 Å². The van der Waals surface area contributed by atoms with Crippen molar-refractivity contribution in [3.63, 3.8) is 0 Å². The van der Waals surface area contributed by atoms with Crippen LogP contribution in [0, 0.1) is 23.7 Å². The van der Waals surface area contributed by atoms with Gasteiger partial charge in [-0.05, 0) is 49.9 Å². The van der Waals surface area contributed by atoms with Gasteiger partial charge in [0.1, 0.15) is 6.04 Å². The first-order valence-corrected chi connectivity index (χ1v) is 8.23. The van der Waals surface area contributed by atoms with Crippen LogP contribution >= 0.6 is 0 Å². The first kappa shape index (κ1) is 12.7. The highest BCUT2D eigenvalue weighted by Gasteiger charge is 2.60. The lowest BCUT2D eigenvalue weighted by atomic mass is 9.84. The van der Waals surface area contributed by atoms with E-state index in [1.54, 1.807) is 0 Å². The summed E-state index contributed by atoms with van der Waals surface area (Å²) < 4.78 is 0. The average molecular weight is 277 g/mol. The topological polar surface area (TPSA) is 57.6 Å². The van der Waals surface area contributed by atoms with Gasteiger partial charge < -0.3 is 10.0 Å². The highest BCUT2D eigenvalue weighted by atomic mass is 16.4. The van der Waals surface area contributed by atoms with Crippen LogP contribution in [0.25, 0.3) is 0 Å². The number of hydrogen-bond donors (Lipinski definition) is 1. The molecular formula is C16H23NO3. The predicted octanol–water partition coefficient (Wildman–Crippen LogP) is 2.28. The molecule has 1 amide bonds. The number of aliphatic carboxylic acids is 1. The Kier molecular flexibility index (Phi) is 2.83. The predicted molar refractivity (Wildman–Crippen MR) is 73.0 cm³/mol. The molecule has 5 unspecified atom stereocenters. The molecule has 0 spiro atoms. The fourth-order valence-corrected chi connectivity index (χ4v) is 5.36. The van der Waals surface area contributed by atoms with Crippen LogP contribution in [-0.4, -0.2) is 34.0 Å². The largest absolute Gasteiger partial charge is 0.480 e. The van der Waals surface area contributed by atoms with E-state index in [2.05, 4.69) is 0 Å². The lowest BCUT2D eigenvalue weighted by Crippen LogP contribution is -2.47. The summed E-state index contributed by atoms with van der Waals surface area (Å²) in [5, 5.41) is 9.49. The quantitative estimate of drug-likeness (QED) is 0.842. The highest BCUT2D eigenvalue weighted by molar-refractivity contribution is 5.88. The van der Waals surface area contributed by atoms with Gasteiger partial charge in [-0.1, -0.05) is 19.3 Å². The molecule has 1 heterocycles. The Morgan fingerprint density at radius 3 is 2.35 bits per heavy atom. The number of hydrogen-bond acceptors (Lipinski definition) is 2. The summed E-state index contributed by atoms with van der Waals surface area (Å²) in [6.45, 7) is 0. The van der Waals surface area contributed by atoms with E-state index in [4.69, 9.17) is 0 Å². The molecular weight excluding hydrogens is 254 g/mol. The van der Waals surface area contributed by atoms with Crippen LogP contribution in [0.4, 0.5) is 0 Å². The standard InChI is InChI=1S/C16H23NO3/c18-15(14-10-5-3-6-11(10)14)17-12-7-2-1-4-9(12)8-13(17)16(19)20/h9-14H,1-8H2,(H,19,20). The molecule has 0 aromatic carbocycles. The molecule has 20 heavy (non-hydrogen) atoms.